The number of carbonyl (C=O) groups excluding carboxylic acids is 2. The first-order valence-corrected chi connectivity index (χ1v) is 9.51. The number of aromatic nitrogens is 2. The number of piperidine rings is 1. The van der Waals surface area contributed by atoms with Gasteiger partial charge >= 0.3 is 6.09 Å². The van der Waals surface area contributed by atoms with Gasteiger partial charge in [-0.3, -0.25) is 9.78 Å². The number of carbonyl (C=O) groups is 2. The highest BCUT2D eigenvalue weighted by atomic mass is 16.6. The zero-order valence-electron chi connectivity index (χ0n) is 16.2. The van der Waals surface area contributed by atoms with E-state index in [0.717, 1.165) is 30.2 Å². The van der Waals surface area contributed by atoms with Gasteiger partial charge in [-0.2, -0.15) is 0 Å². The molecular weight excluding hydrogens is 344 g/mol. The zero-order valence-corrected chi connectivity index (χ0v) is 16.2. The minimum atomic E-state index is -0.461. The van der Waals surface area contributed by atoms with Gasteiger partial charge in [0.05, 0.1) is 0 Å². The molecule has 1 aliphatic heterocycles. The first kappa shape index (κ1) is 19.2. The Morgan fingerprint density at radius 2 is 2.07 bits per heavy atom. The van der Waals surface area contributed by atoms with Crippen LogP contribution in [0.1, 0.15) is 50.5 Å². The highest BCUT2D eigenvalue weighted by Gasteiger charge is 2.26. The standard InChI is InChI=1S/C20H28N4O3/c1-20(2,3)27-19(26)24-10-6-14(7-11-24)4-9-22-18(25)17-12-15-13-21-8-5-16(15)23-17/h5,8,12-14,23H,4,6-7,9-11H2,1-3H3,(H,22,25). The van der Waals surface area contributed by atoms with E-state index in [1.165, 1.54) is 0 Å². The number of nitrogens with one attached hydrogen (secondary N) is 2. The quantitative estimate of drug-likeness (QED) is 0.862. The molecule has 0 aliphatic carbocycles. The molecule has 0 saturated carbocycles. The first-order chi connectivity index (χ1) is 12.8. The molecule has 2 N–H and O–H groups in total. The van der Waals surface area contributed by atoms with Crippen LogP contribution < -0.4 is 5.32 Å². The molecular formula is C20H28N4O3. The van der Waals surface area contributed by atoms with Crippen molar-refractivity contribution in [3.05, 3.63) is 30.2 Å². The van der Waals surface area contributed by atoms with E-state index in [2.05, 4.69) is 15.3 Å². The van der Waals surface area contributed by atoms with Crippen molar-refractivity contribution < 1.29 is 14.3 Å². The minimum absolute atomic E-state index is 0.0996. The fraction of sp³-hybridized carbons (Fsp3) is 0.550. The monoisotopic (exact) mass is 372 g/mol. The molecule has 0 bridgehead atoms. The molecule has 2 aromatic heterocycles. The molecule has 146 valence electrons. The Hall–Kier alpha value is -2.57. The molecule has 0 spiro atoms. The molecule has 0 atom stereocenters. The van der Waals surface area contributed by atoms with E-state index in [9.17, 15) is 9.59 Å². The Morgan fingerprint density at radius 3 is 2.74 bits per heavy atom. The molecule has 1 aliphatic rings. The predicted molar refractivity (Wildman–Crippen MR) is 104 cm³/mol. The van der Waals surface area contributed by atoms with Crippen LogP contribution in [0.4, 0.5) is 4.79 Å². The topological polar surface area (TPSA) is 87.3 Å². The normalized spacial score (nSPS) is 15.7. The average molecular weight is 372 g/mol. The van der Waals surface area contributed by atoms with Crippen molar-refractivity contribution in [2.24, 2.45) is 5.92 Å². The van der Waals surface area contributed by atoms with Crippen molar-refractivity contribution in [1.29, 1.82) is 0 Å². The second-order valence-electron chi connectivity index (χ2n) is 8.10. The van der Waals surface area contributed by atoms with Crippen LogP contribution in [0.3, 0.4) is 0 Å². The number of hydrogen-bond acceptors (Lipinski definition) is 4. The van der Waals surface area contributed by atoms with E-state index >= 15 is 0 Å². The van der Waals surface area contributed by atoms with Crippen molar-refractivity contribution in [2.75, 3.05) is 19.6 Å². The van der Waals surface area contributed by atoms with E-state index in [1.54, 1.807) is 17.3 Å². The Labute approximate surface area is 159 Å². The van der Waals surface area contributed by atoms with Gasteiger partial charge in [0.25, 0.3) is 5.91 Å². The number of pyridine rings is 1. The summed E-state index contributed by atoms with van der Waals surface area (Å²) >= 11 is 0. The van der Waals surface area contributed by atoms with Crippen molar-refractivity contribution in [3.63, 3.8) is 0 Å². The third-order valence-electron chi connectivity index (χ3n) is 4.77. The van der Waals surface area contributed by atoms with Crippen molar-refractivity contribution >= 4 is 22.9 Å². The molecule has 3 rings (SSSR count). The van der Waals surface area contributed by atoms with Crippen LogP contribution in [0.25, 0.3) is 10.9 Å². The first-order valence-electron chi connectivity index (χ1n) is 9.51. The lowest BCUT2D eigenvalue weighted by atomic mass is 9.94. The summed E-state index contributed by atoms with van der Waals surface area (Å²) in [5, 5.41) is 3.90. The number of H-pyrrole nitrogens is 1. The van der Waals surface area contributed by atoms with E-state index < -0.39 is 5.60 Å². The number of rotatable bonds is 4. The van der Waals surface area contributed by atoms with Gasteiger partial charge in [-0.25, -0.2) is 4.79 Å². The summed E-state index contributed by atoms with van der Waals surface area (Å²) in [5.41, 5.74) is 0.999. The van der Waals surface area contributed by atoms with Gasteiger partial charge in [0, 0.05) is 42.9 Å². The maximum absolute atomic E-state index is 12.3. The second-order valence-corrected chi connectivity index (χ2v) is 8.10. The lowest BCUT2D eigenvalue weighted by Crippen LogP contribution is -2.42. The van der Waals surface area contributed by atoms with Crippen LogP contribution in [0.2, 0.25) is 0 Å². The fourth-order valence-electron chi connectivity index (χ4n) is 3.31. The lowest BCUT2D eigenvalue weighted by Gasteiger charge is -2.33. The maximum atomic E-state index is 12.3. The number of amides is 2. The Bertz CT molecular complexity index is 768. The number of hydrogen-bond donors (Lipinski definition) is 2. The summed E-state index contributed by atoms with van der Waals surface area (Å²) in [4.78, 5) is 33.3. The highest BCUT2D eigenvalue weighted by Crippen LogP contribution is 2.22. The van der Waals surface area contributed by atoms with Crippen LogP contribution in [0, 0.1) is 5.92 Å². The molecule has 7 nitrogen and oxygen atoms in total. The number of fused-ring (bicyclic) bond motifs is 1. The molecule has 1 saturated heterocycles. The number of nitrogens with zero attached hydrogens (tertiary/aromatic N) is 2. The summed E-state index contributed by atoms with van der Waals surface area (Å²) in [5.74, 6) is 0.410. The van der Waals surface area contributed by atoms with Crippen LogP contribution in [0.5, 0.6) is 0 Å². The van der Waals surface area contributed by atoms with Gasteiger partial charge in [-0.15, -0.1) is 0 Å². The molecule has 0 aromatic carbocycles. The van der Waals surface area contributed by atoms with Crippen molar-refractivity contribution in [2.45, 2.75) is 45.6 Å². The number of aromatic amines is 1. The zero-order chi connectivity index (χ0) is 19.4. The van der Waals surface area contributed by atoms with Crippen LogP contribution >= 0.6 is 0 Å². The summed E-state index contributed by atoms with van der Waals surface area (Å²) in [6, 6.07) is 3.67. The van der Waals surface area contributed by atoms with Crippen LogP contribution in [0.15, 0.2) is 24.5 Å². The second kappa shape index (κ2) is 7.98. The Kier molecular flexibility index (Phi) is 5.68. The van der Waals surface area contributed by atoms with E-state index in [0.29, 0.717) is 31.2 Å². The molecule has 2 aromatic rings. The lowest BCUT2D eigenvalue weighted by molar-refractivity contribution is 0.0182. The molecule has 0 radical (unpaired) electrons. The average Bonchev–Trinajstić information content (AvgIpc) is 3.05. The SMILES string of the molecule is CC(C)(C)OC(=O)N1CCC(CCNC(=O)c2cc3cnccc3[nH]2)CC1. The number of likely N-dealkylation sites (tertiary alicyclic amines) is 1. The summed E-state index contributed by atoms with van der Waals surface area (Å²) < 4.78 is 5.42. The summed E-state index contributed by atoms with van der Waals surface area (Å²) in [6.07, 6.45) is 5.99. The van der Waals surface area contributed by atoms with Crippen LogP contribution in [-0.2, 0) is 4.74 Å². The van der Waals surface area contributed by atoms with Gasteiger partial charge in [0.15, 0.2) is 0 Å². The summed E-state index contributed by atoms with van der Waals surface area (Å²) in [7, 11) is 0. The largest absolute Gasteiger partial charge is 0.444 e. The molecule has 27 heavy (non-hydrogen) atoms. The molecule has 1 fully saturated rings. The molecule has 0 unspecified atom stereocenters. The van der Waals surface area contributed by atoms with Crippen molar-refractivity contribution in [1.82, 2.24) is 20.2 Å². The van der Waals surface area contributed by atoms with Crippen molar-refractivity contribution in [3.8, 4) is 0 Å². The van der Waals surface area contributed by atoms with E-state index in [1.807, 2.05) is 32.9 Å². The van der Waals surface area contributed by atoms with E-state index in [-0.39, 0.29) is 12.0 Å². The van der Waals surface area contributed by atoms with Gasteiger partial charge in [0.1, 0.15) is 11.3 Å². The van der Waals surface area contributed by atoms with Crippen LogP contribution in [-0.4, -0.2) is 52.1 Å². The van der Waals surface area contributed by atoms with Gasteiger partial charge in [-0.1, -0.05) is 0 Å². The minimum Gasteiger partial charge on any atom is -0.444 e. The predicted octanol–water partition coefficient (Wildman–Crippen LogP) is 3.33. The number of ether oxygens (including phenoxy) is 1. The van der Waals surface area contributed by atoms with Gasteiger partial charge in [0.2, 0.25) is 0 Å². The maximum Gasteiger partial charge on any atom is 0.410 e. The third kappa shape index (κ3) is 5.21. The van der Waals surface area contributed by atoms with Gasteiger partial charge < -0.3 is 19.9 Å². The Balaban J connectivity index is 1.40. The highest BCUT2D eigenvalue weighted by molar-refractivity contribution is 5.97. The molecule has 2 amide bonds. The third-order valence-corrected chi connectivity index (χ3v) is 4.77. The smallest absolute Gasteiger partial charge is 0.410 e. The summed E-state index contributed by atoms with van der Waals surface area (Å²) in [6.45, 7) is 7.69. The Morgan fingerprint density at radius 1 is 1.33 bits per heavy atom. The molecule has 7 heteroatoms. The fourth-order valence-corrected chi connectivity index (χ4v) is 3.31. The van der Waals surface area contributed by atoms with E-state index in [4.69, 9.17) is 4.74 Å². The van der Waals surface area contributed by atoms with Gasteiger partial charge in [-0.05, 0) is 58.1 Å². The molecule has 3 heterocycles.